The second-order valence-electron chi connectivity index (χ2n) is 3.35. The van der Waals surface area contributed by atoms with Crippen molar-refractivity contribution < 1.29 is 5.11 Å². The lowest BCUT2D eigenvalue weighted by molar-refractivity contribution is 0.179. The highest BCUT2D eigenvalue weighted by Gasteiger charge is 2.08. The second kappa shape index (κ2) is 5.45. The lowest BCUT2D eigenvalue weighted by Crippen LogP contribution is -2.21. The number of aliphatic hydroxyl groups excluding tert-OH is 1. The number of hydrogen-bond donors (Lipinski definition) is 2. The van der Waals surface area contributed by atoms with E-state index >= 15 is 0 Å². The maximum absolute atomic E-state index is 9.20. The summed E-state index contributed by atoms with van der Waals surface area (Å²) >= 11 is 2.18. The van der Waals surface area contributed by atoms with Crippen LogP contribution in [0.4, 0.5) is 5.82 Å². The Hall–Kier alpha value is -0.430. The molecule has 2 unspecified atom stereocenters. The summed E-state index contributed by atoms with van der Waals surface area (Å²) in [4.78, 5) is 8.02. The first-order chi connectivity index (χ1) is 6.59. The molecule has 0 spiro atoms. The smallest absolute Gasteiger partial charge is 0.143 e. The molecule has 2 atom stereocenters. The lowest BCUT2D eigenvalue weighted by Gasteiger charge is -2.16. The topological polar surface area (TPSA) is 58.0 Å². The third kappa shape index (κ3) is 3.75. The van der Waals surface area contributed by atoms with Crippen molar-refractivity contribution in [3.8, 4) is 0 Å². The second-order valence-corrected chi connectivity index (χ2v) is 4.51. The predicted molar refractivity (Wildman–Crippen MR) is 64.1 cm³/mol. The van der Waals surface area contributed by atoms with Gasteiger partial charge in [0.15, 0.2) is 0 Å². The van der Waals surface area contributed by atoms with E-state index in [0.717, 1.165) is 9.39 Å². The van der Waals surface area contributed by atoms with E-state index in [1.165, 1.54) is 6.33 Å². The first-order valence-electron chi connectivity index (χ1n) is 4.49. The highest BCUT2D eigenvalue weighted by Crippen LogP contribution is 2.14. The minimum absolute atomic E-state index is 0.207. The van der Waals surface area contributed by atoms with Crippen molar-refractivity contribution in [3.05, 3.63) is 16.1 Å². The standard InChI is InChI=1S/C9H14IN3O/c1-6(3-7(2)14)13-9-8(10)4-11-5-12-9/h4-7,14H,3H2,1-2H3,(H,11,12,13). The fourth-order valence-electron chi connectivity index (χ4n) is 1.22. The Morgan fingerprint density at radius 2 is 2.29 bits per heavy atom. The minimum atomic E-state index is -0.294. The third-order valence-electron chi connectivity index (χ3n) is 1.75. The zero-order valence-corrected chi connectivity index (χ0v) is 10.4. The first kappa shape index (κ1) is 11.6. The molecular formula is C9H14IN3O. The van der Waals surface area contributed by atoms with Gasteiger partial charge in [0.2, 0.25) is 0 Å². The molecule has 1 aromatic rings. The Morgan fingerprint density at radius 1 is 1.57 bits per heavy atom. The number of hydrogen-bond acceptors (Lipinski definition) is 4. The van der Waals surface area contributed by atoms with Crippen LogP contribution in [-0.4, -0.2) is 27.2 Å². The summed E-state index contributed by atoms with van der Waals surface area (Å²) in [7, 11) is 0. The summed E-state index contributed by atoms with van der Waals surface area (Å²) in [6.07, 6.45) is 3.68. The molecule has 0 bridgehead atoms. The van der Waals surface area contributed by atoms with Gasteiger partial charge in [-0.05, 0) is 42.9 Å². The molecule has 0 aliphatic carbocycles. The van der Waals surface area contributed by atoms with Crippen LogP contribution in [-0.2, 0) is 0 Å². The van der Waals surface area contributed by atoms with Crippen LogP contribution in [0.3, 0.4) is 0 Å². The SMILES string of the molecule is CC(O)CC(C)Nc1ncncc1I. The molecule has 2 N–H and O–H groups in total. The van der Waals surface area contributed by atoms with Crippen LogP contribution in [0.15, 0.2) is 12.5 Å². The van der Waals surface area contributed by atoms with Gasteiger partial charge in [-0.15, -0.1) is 0 Å². The van der Waals surface area contributed by atoms with Gasteiger partial charge in [0, 0.05) is 12.2 Å². The molecule has 5 heteroatoms. The largest absolute Gasteiger partial charge is 0.393 e. The molecular weight excluding hydrogens is 293 g/mol. The van der Waals surface area contributed by atoms with Crippen LogP contribution >= 0.6 is 22.6 Å². The van der Waals surface area contributed by atoms with Gasteiger partial charge in [-0.1, -0.05) is 0 Å². The van der Waals surface area contributed by atoms with Crippen LogP contribution in [0.25, 0.3) is 0 Å². The molecule has 1 rings (SSSR count). The predicted octanol–water partition coefficient (Wildman–Crippen LogP) is 1.65. The number of aromatic nitrogens is 2. The quantitative estimate of drug-likeness (QED) is 0.831. The number of anilines is 1. The van der Waals surface area contributed by atoms with Gasteiger partial charge >= 0.3 is 0 Å². The van der Waals surface area contributed by atoms with Crippen molar-refractivity contribution in [1.29, 1.82) is 0 Å². The van der Waals surface area contributed by atoms with Gasteiger partial charge in [0.25, 0.3) is 0 Å². The molecule has 0 amide bonds. The van der Waals surface area contributed by atoms with E-state index in [9.17, 15) is 5.11 Å². The van der Waals surface area contributed by atoms with Gasteiger partial charge in [-0.2, -0.15) is 0 Å². The van der Waals surface area contributed by atoms with E-state index in [1.807, 2.05) is 6.92 Å². The summed E-state index contributed by atoms with van der Waals surface area (Å²) in [5.74, 6) is 0.828. The van der Waals surface area contributed by atoms with Gasteiger partial charge in [-0.25, -0.2) is 9.97 Å². The molecule has 14 heavy (non-hydrogen) atoms. The normalized spacial score (nSPS) is 14.9. The fraction of sp³-hybridized carbons (Fsp3) is 0.556. The molecule has 0 saturated heterocycles. The summed E-state index contributed by atoms with van der Waals surface area (Å²) in [5.41, 5.74) is 0. The maximum Gasteiger partial charge on any atom is 0.143 e. The van der Waals surface area contributed by atoms with Gasteiger partial charge < -0.3 is 10.4 Å². The molecule has 0 fully saturated rings. The van der Waals surface area contributed by atoms with Gasteiger partial charge in [-0.3, -0.25) is 0 Å². The van der Waals surface area contributed by atoms with Crippen molar-refractivity contribution in [1.82, 2.24) is 9.97 Å². The molecule has 0 aromatic carbocycles. The average molecular weight is 307 g/mol. The molecule has 0 saturated carbocycles. The number of rotatable bonds is 4. The molecule has 0 aliphatic heterocycles. The number of aliphatic hydroxyl groups is 1. The number of nitrogens with one attached hydrogen (secondary N) is 1. The number of halogens is 1. The van der Waals surface area contributed by atoms with Crippen LogP contribution in [0.5, 0.6) is 0 Å². The van der Waals surface area contributed by atoms with Crippen molar-refractivity contribution in [2.45, 2.75) is 32.4 Å². The van der Waals surface area contributed by atoms with Crippen LogP contribution in [0.1, 0.15) is 20.3 Å². The molecule has 1 heterocycles. The molecule has 0 radical (unpaired) electrons. The van der Waals surface area contributed by atoms with E-state index < -0.39 is 0 Å². The minimum Gasteiger partial charge on any atom is -0.393 e. The van der Waals surface area contributed by atoms with Crippen LogP contribution in [0.2, 0.25) is 0 Å². The zero-order chi connectivity index (χ0) is 10.6. The molecule has 0 aliphatic rings. The van der Waals surface area contributed by atoms with E-state index in [4.69, 9.17) is 0 Å². The maximum atomic E-state index is 9.20. The van der Waals surface area contributed by atoms with Crippen molar-refractivity contribution in [3.63, 3.8) is 0 Å². The van der Waals surface area contributed by atoms with E-state index in [-0.39, 0.29) is 12.1 Å². The third-order valence-corrected chi connectivity index (χ3v) is 2.53. The first-order valence-corrected chi connectivity index (χ1v) is 5.57. The Morgan fingerprint density at radius 3 is 2.86 bits per heavy atom. The van der Waals surface area contributed by atoms with Gasteiger partial charge in [0.1, 0.15) is 12.1 Å². The average Bonchev–Trinajstić information content (AvgIpc) is 2.07. The van der Waals surface area contributed by atoms with E-state index in [1.54, 1.807) is 13.1 Å². The van der Waals surface area contributed by atoms with Crippen LogP contribution < -0.4 is 5.32 Å². The summed E-state index contributed by atoms with van der Waals surface area (Å²) in [5, 5.41) is 12.4. The number of nitrogens with zero attached hydrogens (tertiary/aromatic N) is 2. The summed E-state index contributed by atoms with van der Waals surface area (Å²) < 4.78 is 0.988. The Labute approximate surface area is 97.3 Å². The fourth-order valence-corrected chi connectivity index (χ4v) is 1.68. The van der Waals surface area contributed by atoms with E-state index in [2.05, 4.69) is 37.9 Å². The van der Waals surface area contributed by atoms with Crippen LogP contribution in [0, 0.1) is 3.57 Å². The van der Waals surface area contributed by atoms with E-state index in [0.29, 0.717) is 6.42 Å². The van der Waals surface area contributed by atoms with Crippen molar-refractivity contribution in [2.24, 2.45) is 0 Å². The zero-order valence-electron chi connectivity index (χ0n) is 8.24. The molecule has 1 aromatic heterocycles. The van der Waals surface area contributed by atoms with Crippen molar-refractivity contribution >= 4 is 28.4 Å². The molecule has 4 nitrogen and oxygen atoms in total. The molecule has 78 valence electrons. The highest BCUT2D eigenvalue weighted by atomic mass is 127. The summed E-state index contributed by atoms with van der Waals surface area (Å²) in [6.45, 7) is 3.80. The van der Waals surface area contributed by atoms with Gasteiger partial charge in [0.05, 0.1) is 9.67 Å². The Balaban J connectivity index is 2.56. The summed E-state index contributed by atoms with van der Waals surface area (Å²) in [6, 6.07) is 0.207. The lowest BCUT2D eigenvalue weighted by atomic mass is 10.1. The Bertz CT molecular complexity index is 293. The van der Waals surface area contributed by atoms with Crippen molar-refractivity contribution in [2.75, 3.05) is 5.32 Å². The Kier molecular flexibility index (Phi) is 4.53. The highest BCUT2D eigenvalue weighted by molar-refractivity contribution is 14.1. The monoisotopic (exact) mass is 307 g/mol.